The van der Waals surface area contributed by atoms with Gasteiger partial charge < -0.3 is 15.7 Å². The van der Waals surface area contributed by atoms with Crippen molar-refractivity contribution in [2.75, 3.05) is 6.54 Å². The first-order valence-electron chi connectivity index (χ1n) is 6.88. The summed E-state index contributed by atoms with van der Waals surface area (Å²) in [4.78, 5) is 11.7. The number of nitrogens with one attached hydrogen (secondary N) is 2. The maximum absolute atomic E-state index is 11.7. The zero-order chi connectivity index (χ0) is 12.3. The minimum Gasteiger partial charge on any atom is -0.391 e. The Labute approximate surface area is 103 Å². The molecule has 3 N–H and O–H groups in total. The summed E-state index contributed by atoms with van der Waals surface area (Å²) in [6, 6.07) is -0.170. The Morgan fingerprint density at radius 2 is 2.06 bits per heavy atom. The van der Waals surface area contributed by atoms with Crippen LogP contribution in [0, 0.1) is 5.41 Å². The monoisotopic (exact) mass is 240 g/mol. The van der Waals surface area contributed by atoms with Gasteiger partial charge in [-0.25, -0.2) is 4.79 Å². The van der Waals surface area contributed by atoms with Gasteiger partial charge in [0.25, 0.3) is 0 Å². The molecule has 2 rings (SSSR count). The van der Waals surface area contributed by atoms with Gasteiger partial charge in [-0.1, -0.05) is 19.8 Å². The van der Waals surface area contributed by atoms with Gasteiger partial charge in [0.1, 0.15) is 0 Å². The molecule has 2 atom stereocenters. The van der Waals surface area contributed by atoms with Crippen LogP contribution in [-0.4, -0.2) is 29.8 Å². The van der Waals surface area contributed by atoms with Crippen molar-refractivity contribution in [2.45, 2.75) is 64.0 Å². The first-order valence-corrected chi connectivity index (χ1v) is 6.88. The van der Waals surface area contributed by atoms with Crippen molar-refractivity contribution in [2.24, 2.45) is 5.41 Å². The van der Waals surface area contributed by atoms with Gasteiger partial charge >= 0.3 is 6.03 Å². The van der Waals surface area contributed by atoms with Crippen molar-refractivity contribution < 1.29 is 9.90 Å². The summed E-state index contributed by atoms with van der Waals surface area (Å²) < 4.78 is 0. The van der Waals surface area contributed by atoms with E-state index in [2.05, 4.69) is 17.6 Å². The summed E-state index contributed by atoms with van der Waals surface area (Å²) >= 11 is 0. The van der Waals surface area contributed by atoms with Crippen molar-refractivity contribution in [1.82, 2.24) is 10.6 Å². The van der Waals surface area contributed by atoms with Crippen LogP contribution in [-0.2, 0) is 0 Å². The van der Waals surface area contributed by atoms with Gasteiger partial charge in [0.2, 0.25) is 0 Å². The summed E-state index contributed by atoms with van der Waals surface area (Å²) in [6.45, 7) is 2.95. The lowest BCUT2D eigenvalue weighted by Crippen LogP contribution is -2.49. The van der Waals surface area contributed by atoms with Crippen LogP contribution in [0.4, 0.5) is 4.79 Å². The van der Waals surface area contributed by atoms with E-state index in [1.807, 2.05) is 0 Å². The average molecular weight is 240 g/mol. The average Bonchev–Trinajstić information content (AvgIpc) is 3.10. The smallest absolute Gasteiger partial charge is 0.315 e. The molecule has 4 heteroatoms. The highest BCUT2D eigenvalue weighted by atomic mass is 16.3. The topological polar surface area (TPSA) is 61.4 Å². The molecule has 98 valence electrons. The van der Waals surface area contributed by atoms with Crippen molar-refractivity contribution in [1.29, 1.82) is 0 Å². The number of rotatable bonds is 4. The third-order valence-electron chi connectivity index (χ3n) is 4.38. The molecule has 2 saturated carbocycles. The second-order valence-corrected chi connectivity index (χ2v) is 5.64. The summed E-state index contributed by atoms with van der Waals surface area (Å²) in [5, 5.41) is 15.6. The van der Waals surface area contributed by atoms with Crippen LogP contribution >= 0.6 is 0 Å². The quantitative estimate of drug-likeness (QED) is 0.701. The summed E-state index contributed by atoms with van der Waals surface area (Å²) in [5.41, 5.74) is 0.378. The normalized spacial score (nSPS) is 30.7. The molecule has 0 aliphatic heterocycles. The standard InChI is InChI=1S/C13H24N2O2/c1-2-13(7-8-13)9-14-12(17)15-10-5-3-4-6-11(10)16/h10-11,16H,2-9H2,1H3,(H2,14,15,17)/t10-,11-/m1/s1. The summed E-state index contributed by atoms with van der Waals surface area (Å²) in [5.74, 6) is 0. The molecule has 0 heterocycles. The van der Waals surface area contributed by atoms with Gasteiger partial charge in [-0.3, -0.25) is 0 Å². The maximum atomic E-state index is 11.7. The Bertz CT molecular complexity index is 277. The van der Waals surface area contributed by atoms with Crippen LogP contribution in [0.1, 0.15) is 51.9 Å². The van der Waals surface area contributed by atoms with Gasteiger partial charge in [0.15, 0.2) is 0 Å². The number of hydrogen-bond acceptors (Lipinski definition) is 2. The Kier molecular flexibility index (Phi) is 3.92. The molecule has 2 aliphatic rings. The fourth-order valence-electron chi connectivity index (χ4n) is 2.60. The van der Waals surface area contributed by atoms with E-state index in [4.69, 9.17) is 0 Å². The summed E-state index contributed by atoms with van der Waals surface area (Å²) in [6.07, 6.45) is 7.11. The fourth-order valence-corrected chi connectivity index (χ4v) is 2.60. The Morgan fingerprint density at radius 1 is 1.35 bits per heavy atom. The van der Waals surface area contributed by atoms with Crippen LogP contribution in [0.5, 0.6) is 0 Å². The first kappa shape index (κ1) is 12.7. The van der Waals surface area contributed by atoms with Crippen molar-refractivity contribution in [3.8, 4) is 0 Å². The van der Waals surface area contributed by atoms with Crippen LogP contribution in [0.15, 0.2) is 0 Å². The number of aliphatic hydroxyl groups excluding tert-OH is 1. The van der Waals surface area contributed by atoms with Crippen molar-refractivity contribution in [3.05, 3.63) is 0 Å². The fraction of sp³-hybridized carbons (Fsp3) is 0.923. The second-order valence-electron chi connectivity index (χ2n) is 5.64. The molecule has 0 aromatic heterocycles. The molecule has 2 amide bonds. The van der Waals surface area contributed by atoms with E-state index in [0.29, 0.717) is 5.41 Å². The molecule has 0 bridgehead atoms. The van der Waals surface area contributed by atoms with Crippen molar-refractivity contribution >= 4 is 6.03 Å². The number of carbonyl (C=O) groups is 1. The zero-order valence-corrected chi connectivity index (χ0v) is 10.7. The largest absolute Gasteiger partial charge is 0.391 e. The van der Waals surface area contributed by atoms with E-state index in [0.717, 1.165) is 38.6 Å². The molecule has 17 heavy (non-hydrogen) atoms. The SMILES string of the molecule is CCC1(CNC(=O)N[C@@H]2CCCC[C@H]2O)CC1. The molecule has 2 aliphatic carbocycles. The van der Waals surface area contributed by atoms with E-state index in [1.165, 1.54) is 12.8 Å². The van der Waals surface area contributed by atoms with E-state index in [1.54, 1.807) is 0 Å². The molecule has 0 saturated heterocycles. The Hall–Kier alpha value is -0.770. The third-order valence-corrected chi connectivity index (χ3v) is 4.38. The molecule has 2 fully saturated rings. The molecular formula is C13H24N2O2. The van der Waals surface area contributed by atoms with Gasteiger partial charge in [0.05, 0.1) is 12.1 Å². The first-order chi connectivity index (χ1) is 8.15. The van der Waals surface area contributed by atoms with Gasteiger partial charge in [-0.15, -0.1) is 0 Å². The van der Waals surface area contributed by atoms with Gasteiger partial charge in [-0.05, 0) is 37.5 Å². The number of amides is 2. The lowest BCUT2D eigenvalue weighted by atomic mass is 9.93. The molecule has 0 unspecified atom stereocenters. The molecule has 0 aromatic rings. The third kappa shape index (κ3) is 3.35. The van der Waals surface area contributed by atoms with E-state index in [-0.39, 0.29) is 18.2 Å². The Balaban J connectivity index is 1.69. The van der Waals surface area contributed by atoms with E-state index >= 15 is 0 Å². The Morgan fingerprint density at radius 3 is 2.65 bits per heavy atom. The van der Waals surface area contributed by atoms with Gasteiger partial charge in [0, 0.05) is 6.54 Å². The highest BCUT2D eigenvalue weighted by Crippen LogP contribution is 2.47. The minimum absolute atomic E-state index is 0.0551. The van der Waals surface area contributed by atoms with Crippen LogP contribution < -0.4 is 10.6 Å². The second kappa shape index (κ2) is 5.25. The summed E-state index contributed by atoms with van der Waals surface area (Å²) in [7, 11) is 0. The van der Waals surface area contributed by atoms with Crippen LogP contribution in [0.3, 0.4) is 0 Å². The lowest BCUT2D eigenvalue weighted by Gasteiger charge is -2.28. The van der Waals surface area contributed by atoms with E-state index < -0.39 is 0 Å². The van der Waals surface area contributed by atoms with Crippen LogP contribution in [0.25, 0.3) is 0 Å². The van der Waals surface area contributed by atoms with Gasteiger partial charge in [-0.2, -0.15) is 0 Å². The maximum Gasteiger partial charge on any atom is 0.315 e. The van der Waals surface area contributed by atoms with Crippen molar-refractivity contribution in [3.63, 3.8) is 0 Å². The predicted octanol–water partition coefficient (Wildman–Crippen LogP) is 1.78. The number of aliphatic hydroxyl groups is 1. The highest BCUT2D eigenvalue weighted by Gasteiger charge is 2.40. The molecular weight excluding hydrogens is 216 g/mol. The highest BCUT2D eigenvalue weighted by molar-refractivity contribution is 5.74. The van der Waals surface area contributed by atoms with E-state index in [9.17, 15) is 9.90 Å². The molecule has 0 radical (unpaired) electrons. The van der Waals surface area contributed by atoms with Crippen LogP contribution in [0.2, 0.25) is 0 Å². The number of hydrogen-bond donors (Lipinski definition) is 3. The number of urea groups is 1. The molecule has 0 spiro atoms. The minimum atomic E-state index is -0.365. The predicted molar refractivity (Wildman–Crippen MR) is 66.8 cm³/mol. The zero-order valence-electron chi connectivity index (χ0n) is 10.7. The lowest BCUT2D eigenvalue weighted by molar-refractivity contribution is 0.0942. The number of carbonyl (C=O) groups excluding carboxylic acids is 1. The molecule has 0 aromatic carbocycles. The molecule has 4 nitrogen and oxygen atoms in total.